The third kappa shape index (κ3) is 2.89. The van der Waals surface area contributed by atoms with Crippen molar-refractivity contribution in [3.8, 4) is 0 Å². The highest BCUT2D eigenvalue weighted by Crippen LogP contribution is 2.30. The monoisotopic (exact) mass is 342 g/mol. The van der Waals surface area contributed by atoms with Gasteiger partial charge in [-0.15, -0.1) is 0 Å². The minimum Gasteiger partial charge on any atom is -0.352 e. The van der Waals surface area contributed by atoms with Crippen LogP contribution in [-0.4, -0.2) is 32.3 Å². The molecule has 0 radical (unpaired) electrons. The molecule has 0 spiro atoms. The average molecular weight is 343 g/mol. The van der Waals surface area contributed by atoms with E-state index in [2.05, 4.69) is 49.0 Å². The van der Waals surface area contributed by atoms with Crippen molar-refractivity contribution in [2.45, 2.75) is 39.7 Å². The molecule has 4 nitrogen and oxygen atoms in total. The first-order chi connectivity index (χ1) is 9.22. The first-order valence-electron chi connectivity index (χ1n) is 6.62. The van der Waals surface area contributed by atoms with Crippen LogP contribution >= 0.6 is 27.5 Å². The van der Waals surface area contributed by atoms with Crippen LogP contribution in [0.4, 0.5) is 5.82 Å². The molecule has 0 N–H and O–H groups in total. The molecular formula is C13H19BrN4S. The summed E-state index contributed by atoms with van der Waals surface area (Å²) in [5.74, 6) is 1.03. The van der Waals surface area contributed by atoms with E-state index in [-0.39, 0.29) is 0 Å². The van der Waals surface area contributed by atoms with E-state index < -0.39 is 0 Å². The van der Waals surface area contributed by atoms with Gasteiger partial charge in [0.05, 0.1) is 11.1 Å². The largest absolute Gasteiger partial charge is 0.352 e. The summed E-state index contributed by atoms with van der Waals surface area (Å²) in [7, 11) is 0. The van der Waals surface area contributed by atoms with Crippen LogP contribution in [0.15, 0.2) is 6.33 Å². The number of hydrogen-bond donors (Lipinski definition) is 0. The van der Waals surface area contributed by atoms with Gasteiger partial charge >= 0.3 is 0 Å². The van der Waals surface area contributed by atoms with Crippen molar-refractivity contribution in [3.05, 3.63) is 12.0 Å². The zero-order valence-electron chi connectivity index (χ0n) is 11.6. The molecule has 0 unspecified atom stereocenters. The molecule has 2 aromatic heterocycles. The van der Waals surface area contributed by atoms with E-state index in [9.17, 15) is 0 Å². The fourth-order valence-corrected chi connectivity index (χ4v) is 3.52. The minimum absolute atomic E-state index is 0.509. The third-order valence-electron chi connectivity index (χ3n) is 3.40. The van der Waals surface area contributed by atoms with Crippen molar-refractivity contribution in [1.82, 2.24) is 14.3 Å². The lowest BCUT2D eigenvalue weighted by Crippen LogP contribution is -2.36. The van der Waals surface area contributed by atoms with E-state index in [0.29, 0.717) is 6.04 Å². The van der Waals surface area contributed by atoms with Gasteiger partial charge in [0, 0.05) is 17.9 Å². The summed E-state index contributed by atoms with van der Waals surface area (Å²) < 4.78 is 4.41. The Morgan fingerprint density at radius 2 is 2.05 bits per heavy atom. The number of rotatable bonds is 6. The van der Waals surface area contributed by atoms with Gasteiger partial charge in [-0.2, -0.15) is 4.37 Å². The summed E-state index contributed by atoms with van der Waals surface area (Å²) in [6.45, 7) is 7.44. The zero-order valence-corrected chi connectivity index (χ0v) is 14.0. The standard InChI is InChI=1S/C13H19BrN4S/c1-4-10(5-2)18(7-6-14)12-11-9(3)17-19-13(11)16-8-15-12/h8,10H,4-7H2,1-3H3. The molecule has 104 valence electrons. The lowest BCUT2D eigenvalue weighted by molar-refractivity contribution is 0.565. The smallest absolute Gasteiger partial charge is 0.149 e. The number of fused-ring (bicyclic) bond motifs is 1. The van der Waals surface area contributed by atoms with Crippen LogP contribution in [0.5, 0.6) is 0 Å². The molecule has 0 amide bonds. The fraction of sp³-hybridized carbons (Fsp3) is 0.615. The third-order valence-corrected chi connectivity index (χ3v) is 4.61. The maximum absolute atomic E-state index is 4.54. The second-order valence-electron chi connectivity index (χ2n) is 4.50. The van der Waals surface area contributed by atoms with Gasteiger partial charge < -0.3 is 4.90 Å². The Bertz CT molecular complexity index is 538. The molecule has 0 saturated carbocycles. The SMILES string of the molecule is CCC(CC)N(CCBr)c1ncnc2snc(C)c12. The van der Waals surface area contributed by atoms with Gasteiger partial charge in [-0.1, -0.05) is 29.8 Å². The fourth-order valence-electron chi connectivity index (χ4n) is 2.40. The number of alkyl halides is 1. The normalized spacial score (nSPS) is 11.4. The molecule has 6 heteroatoms. The first-order valence-corrected chi connectivity index (χ1v) is 8.51. The number of aromatic nitrogens is 3. The highest BCUT2D eigenvalue weighted by molar-refractivity contribution is 9.09. The van der Waals surface area contributed by atoms with Crippen LogP contribution in [-0.2, 0) is 0 Å². The van der Waals surface area contributed by atoms with Crippen LogP contribution < -0.4 is 4.90 Å². The van der Waals surface area contributed by atoms with E-state index in [4.69, 9.17) is 0 Å². The maximum Gasteiger partial charge on any atom is 0.149 e. The molecule has 0 fully saturated rings. The van der Waals surface area contributed by atoms with E-state index in [1.807, 2.05) is 6.92 Å². The molecule has 0 saturated heterocycles. The van der Waals surface area contributed by atoms with Crippen LogP contribution in [0.3, 0.4) is 0 Å². The molecule has 2 aromatic rings. The Morgan fingerprint density at radius 3 is 2.68 bits per heavy atom. The van der Waals surface area contributed by atoms with Gasteiger partial charge in [0.15, 0.2) is 0 Å². The summed E-state index contributed by atoms with van der Waals surface area (Å²) in [4.78, 5) is 12.2. The summed E-state index contributed by atoms with van der Waals surface area (Å²) >= 11 is 5.00. The van der Waals surface area contributed by atoms with E-state index in [1.54, 1.807) is 6.33 Å². The maximum atomic E-state index is 4.54. The zero-order chi connectivity index (χ0) is 13.8. The summed E-state index contributed by atoms with van der Waals surface area (Å²) in [5, 5.41) is 2.05. The van der Waals surface area contributed by atoms with Gasteiger partial charge in [-0.25, -0.2) is 9.97 Å². The number of aryl methyl sites for hydroxylation is 1. The van der Waals surface area contributed by atoms with Crippen molar-refractivity contribution in [2.24, 2.45) is 0 Å². The van der Waals surface area contributed by atoms with Crippen molar-refractivity contribution in [3.63, 3.8) is 0 Å². The molecule has 0 aliphatic carbocycles. The Hall–Kier alpha value is -0.750. The van der Waals surface area contributed by atoms with Crippen LogP contribution in [0.25, 0.3) is 10.2 Å². The summed E-state index contributed by atoms with van der Waals surface area (Å²) in [5.41, 5.74) is 1.03. The van der Waals surface area contributed by atoms with Crippen LogP contribution in [0.1, 0.15) is 32.4 Å². The lowest BCUT2D eigenvalue weighted by Gasteiger charge is -2.31. The van der Waals surface area contributed by atoms with E-state index >= 15 is 0 Å². The van der Waals surface area contributed by atoms with Crippen molar-refractivity contribution in [2.75, 3.05) is 16.8 Å². The average Bonchev–Trinajstić information content (AvgIpc) is 2.81. The minimum atomic E-state index is 0.509. The predicted molar refractivity (Wildman–Crippen MR) is 85.5 cm³/mol. The van der Waals surface area contributed by atoms with Crippen molar-refractivity contribution < 1.29 is 0 Å². The molecule has 19 heavy (non-hydrogen) atoms. The second-order valence-corrected chi connectivity index (χ2v) is 6.04. The highest BCUT2D eigenvalue weighted by Gasteiger charge is 2.21. The van der Waals surface area contributed by atoms with Gasteiger partial charge in [-0.3, -0.25) is 0 Å². The summed E-state index contributed by atoms with van der Waals surface area (Å²) in [6, 6.07) is 0.509. The summed E-state index contributed by atoms with van der Waals surface area (Å²) in [6.07, 6.45) is 3.89. The number of hydrogen-bond acceptors (Lipinski definition) is 5. The Morgan fingerprint density at radius 1 is 1.32 bits per heavy atom. The molecular weight excluding hydrogens is 324 g/mol. The van der Waals surface area contributed by atoms with Gasteiger partial charge in [0.2, 0.25) is 0 Å². The quantitative estimate of drug-likeness (QED) is 0.749. The Balaban J connectivity index is 2.52. The van der Waals surface area contributed by atoms with Crippen LogP contribution in [0.2, 0.25) is 0 Å². The second kappa shape index (κ2) is 6.61. The van der Waals surface area contributed by atoms with E-state index in [1.165, 1.54) is 11.5 Å². The topological polar surface area (TPSA) is 41.9 Å². The van der Waals surface area contributed by atoms with Gasteiger partial charge in [0.1, 0.15) is 17.0 Å². The van der Waals surface area contributed by atoms with Gasteiger partial charge in [-0.05, 0) is 31.3 Å². The highest BCUT2D eigenvalue weighted by atomic mass is 79.9. The van der Waals surface area contributed by atoms with Crippen molar-refractivity contribution in [1.29, 1.82) is 0 Å². The molecule has 2 rings (SSSR count). The predicted octanol–water partition coefficient (Wildman–Crippen LogP) is 3.78. The molecule has 2 heterocycles. The van der Waals surface area contributed by atoms with Crippen molar-refractivity contribution >= 4 is 43.5 Å². The lowest BCUT2D eigenvalue weighted by atomic mass is 10.1. The molecule has 0 aromatic carbocycles. The number of anilines is 1. The molecule has 0 atom stereocenters. The van der Waals surface area contributed by atoms with Crippen LogP contribution in [0, 0.1) is 6.92 Å². The number of halogens is 1. The Labute approximate surface area is 126 Å². The Kier molecular flexibility index (Phi) is 5.10. The molecule has 0 aliphatic rings. The van der Waals surface area contributed by atoms with E-state index in [0.717, 1.165) is 46.4 Å². The first kappa shape index (κ1) is 14.7. The molecule has 0 aliphatic heterocycles. The van der Waals surface area contributed by atoms with Gasteiger partial charge in [0.25, 0.3) is 0 Å². The number of nitrogens with zero attached hydrogens (tertiary/aromatic N) is 4. The molecule has 0 bridgehead atoms.